The van der Waals surface area contributed by atoms with E-state index in [0.29, 0.717) is 12.8 Å². The fourth-order valence-electron chi connectivity index (χ4n) is 4.51. The molecule has 41 heavy (non-hydrogen) atoms. The van der Waals surface area contributed by atoms with Crippen LogP contribution in [-0.4, -0.2) is 41.6 Å². The smallest absolute Gasteiger partial charge is 0.307 e. The summed E-state index contributed by atoms with van der Waals surface area (Å²) in [7, 11) is -13.2. The van der Waals surface area contributed by atoms with Crippen LogP contribution in [0.3, 0.4) is 0 Å². The van der Waals surface area contributed by atoms with Crippen molar-refractivity contribution >= 4 is 33.2 Å². The van der Waals surface area contributed by atoms with Crippen molar-refractivity contribution in [1.29, 1.82) is 0 Å². The number of sulfone groups is 1. The van der Waals surface area contributed by atoms with Crippen molar-refractivity contribution in [1.82, 2.24) is 4.72 Å². The Balaban J connectivity index is 2.37. The van der Waals surface area contributed by atoms with E-state index >= 15 is 4.57 Å². The zero-order valence-electron chi connectivity index (χ0n) is 24.1. The molecular weight excluding hydrogens is 585 g/mol. The van der Waals surface area contributed by atoms with Crippen LogP contribution in [0.15, 0.2) is 64.4 Å². The average Bonchev–Trinajstić information content (AvgIpc) is 2.95. The minimum atomic E-state index is -4.56. The number of ketones is 1. The van der Waals surface area contributed by atoms with Crippen molar-refractivity contribution in [3.05, 3.63) is 76.2 Å². The number of sulfonamides is 1. The summed E-state index contributed by atoms with van der Waals surface area (Å²) < 4.78 is 83.7. The van der Waals surface area contributed by atoms with Gasteiger partial charge in [0.2, 0.25) is 25.6 Å². The monoisotopic (exact) mass is 625 g/mol. The third-order valence-corrected chi connectivity index (χ3v) is 12.6. The number of hydrogen-bond acceptors (Lipinski definition) is 8. The number of Topliss-reactive ketones (excluding diaryl/α,β-unsaturated/α-hetero) is 1. The van der Waals surface area contributed by atoms with Gasteiger partial charge in [0.05, 0.1) is 23.9 Å². The van der Waals surface area contributed by atoms with Gasteiger partial charge in [-0.15, -0.1) is 0 Å². The highest BCUT2D eigenvalue weighted by Crippen LogP contribution is 2.67. The number of benzene rings is 2. The maximum Gasteiger partial charge on any atom is 0.360 e. The second-order valence-corrected chi connectivity index (χ2v) is 16.2. The molecular formula is C29H40NO8PS2. The quantitative estimate of drug-likeness (QED) is 0.171. The molecule has 0 amide bonds. The van der Waals surface area contributed by atoms with Crippen LogP contribution in [0.25, 0.3) is 0 Å². The van der Waals surface area contributed by atoms with E-state index in [2.05, 4.69) is 4.72 Å². The van der Waals surface area contributed by atoms with Crippen LogP contribution in [-0.2, 0) is 38.8 Å². The van der Waals surface area contributed by atoms with E-state index in [0.717, 1.165) is 37.3 Å². The topological polar surface area (TPSA) is 133 Å². The second-order valence-electron chi connectivity index (χ2n) is 10.0. The average molecular weight is 626 g/mol. The first-order valence-corrected chi connectivity index (χ1v) is 18.6. The van der Waals surface area contributed by atoms with E-state index in [9.17, 15) is 21.6 Å². The fourth-order valence-corrected chi connectivity index (χ4v) is 9.69. The minimum absolute atomic E-state index is 0.0131. The lowest BCUT2D eigenvalue weighted by Gasteiger charge is -2.40. The molecule has 0 saturated carbocycles. The van der Waals surface area contributed by atoms with Crippen LogP contribution in [0.4, 0.5) is 0 Å². The van der Waals surface area contributed by atoms with E-state index in [1.165, 1.54) is 37.3 Å². The molecule has 3 rings (SSSR count). The lowest BCUT2D eigenvalue weighted by Crippen LogP contribution is -2.49. The third-order valence-electron chi connectivity index (χ3n) is 6.91. The number of hydrogen-bond donors (Lipinski definition) is 1. The van der Waals surface area contributed by atoms with Crippen LogP contribution in [0.2, 0.25) is 0 Å². The number of carbonyl (C=O) groups is 1. The Kier molecular flexibility index (Phi) is 11.3. The Morgan fingerprint density at radius 3 is 1.93 bits per heavy atom. The summed E-state index contributed by atoms with van der Waals surface area (Å²) in [6.07, 6.45) is 5.23. The second kappa shape index (κ2) is 13.9. The summed E-state index contributed by atoms with van der Waals surface area (Å²) in [5, 5.41) is -2.31. The van der Waals surface area contributed by atoms with Crippen molar-refractivity contribution in [3.63, 3.8) is 0 Å². The maximum absolute atomic E-state index is 15.0. The molecule has 0 spiro atoms. The predicted octanol–water partition coefficient (Wildman–Crippen LogP) is 6.25. The van der Waals surface area contributed by atoms with Crippen molar-refractivity contribution < 1.29 is 35.2 Å². The summed E-state index contributed by atoms with van der Waals surface area (Å²) in [5.41, 5.74) is 0.724. The molecule has 1 unspecified atom stereocenters. The number of rotatable bonds is 16. The highest BCUT2D eigenvalue weighted by atomic mass is 32.2. The predicted molar refractivity (Wildman–Crippen MR) is 160 cm³/mol. The van der Waals surface area contributed by atoms with Gasteiger partial charge >= 0.3 is 7.60 Å². The Morgan fingerprint density at radius 1 is 0.829 bits per heavy atom. The number of carbonyl (C=O) groups excluding carboxylic acids is 1. The zero-order valence-corrected chi connectivity index (χ0v) is 26.6. The van der Waals surface area contributed by atoms with Crippen molar-refractivity contribution in [2.45, 2.75) is 76.4 Å². The first kappa shape index (κ1) is 33.4. The van der Waals surface area contributed by atoms with Gasteiger partial charge < -0.3 is 9.05 Å². The molecule has 0 heterocycles. The molecule has 0 bridgehead atoms. The van der Waals surface area contributed by atoms with Crippen LogP contribution in [0, 0.1) is 6.92 Å². The van der Waals surface area contributed by atoms with Crippen LogP contribution in [0.1, 0.15) is 80.8 Å². The van der Waals surface area contributed by atoms with Crippen molar-refractivity contribution in [3.8, 4) is 0 Å². The molecule has 0 saturated heterocycles. The number of allylic oxidation sites excluding steroid dienone is 1. The zero-order chi connectivity index (χ0) is 30.3. The SMILES string of the molecule is CCCCCOP(=O)(OCCCCC)C1(NS(=O)(=O)CC)C=C(S(=O)(=O)c2ccc(C)cc2)C(=O)c2ccccc21. The molecule has 1 aliphatic rings. The Bertz CT molecular complexity index is 1500. The summed E-state index contributed by atoms with van der Waals surface area (Å²) in [6, 6.07) is 11.9. The van der Waals surface area contributed by atoms with Gasteiger partial charge in [0.25, 0.3) is 0 Å². The first-order valence-electron chi connectivity index (χ1n) is 14.0. The van der Waals surface area contributed by atoms with Gasteiger partial charge in [0.15, 0.2) is 5.28 Å². The van der Waals surface area contributed by atoms with E-state index in [4.69, 9.17) is 9.05 Å². The van der Waals surface area contributed by atoms with Gasteiger partial charge in [-0.25, -0.2) is 16.8 Å². The fraction of sp³-hybridized carbons (Fsp3) is 0.483. The number of aryl methyl sites for hydroxylation is 1. The van der Waals surface area contributed by atoms with E-state index in [1.807, 2.05) is 13.8 Å². The molecule has 1 aliphatic carbocycles. The van der Waals surface area contributed by atoms with Gasteiger partial charge in [-0.1, -0.05) is 81.5 Å². The highest BCUT2D eigenvalue weighted by Gasteiger charge is 2.58. The molecule has 0 radical (unpaired) electrons. The summed E-state index contributed by atoms with van der Waals surface area (Å²) in [5.74, 6) is -1.24. The molecule has 0 aliphatic heterocycles. The summed E-state index contributed by atoms with van der Waals surface area (Å²) in [6.45, 7) is 7.15. The molecule has 1 atom stereocenters. The summed E-state index contributed by atoms with van der Waals surface area (Å²) >= 11 is 0. The maximum atomic E-state index is 15.0. The Morgan fingerprint density at radius 2 is 1.39 bits per heavy atom. The van der Waals surface area contributed by atoms with Gasteiger partial charge in [-0.05, 0) is 44.9 Å². The first-order chi connectivity index (χ1) is 19.4. The lowest BCUT2D eigenvalue weighted by molar-refractivity contribution is 0.103. The molecule has 1 N–H and O–H groups in total. The van der Waals surface area contributed by atoms with Gasteiger partial charge in [-0.3, -0.25) is 9.36 Å². The molecule has 2 aromatic rings. The third kappa shape index (κ3) is 7.27. The Hall–Kier alpha value is -2.14. The normalized spacial score (nSPS) is 17.8. The minimum Gasteiger partial charge on any atom is -0.307 e. The Labute approximate surface area is 244 Å². The standard InChI is InChI=1S/C29H40NO8PS2/c1-5-8-12-20-37-39(32,38-21-13-9-6-2)29(30-40(33,34)7-3)22-27(28(31)25-14-10-11-15-26(25)29)41(35,36)24-18-16-23(4)17-19-24/h10-11,14-19,22,30H,5-9,12-13,20-21H2,1-4H3. The number of fused-ring (bicyclic) bond motifs is 1. The van der Waals surface area contributed by atoms with Crippen molar-refractivity contribution in [2.75, 3.05) is 19.0 Å². The van der Waals surface area contributed by atoms with Gasteiger partial charge in [-0.2, -0.15) is 4.72 Å². The lowest BCUT2D eigenvalue weighted by atomic mass is 9.92. The largest absolute Gasteiger partial charge is 0.360 e. The summed E-state index contributed by atoms with van der Waals surface area (Å²) in [4.78, 5) is 12.9. The van der Waals surface area contributed by atoms with Gasteiger partial charge in [0.1, 0.15) is 4.91 Å². The molecule has 2 aromatic carbocycles. The number of unbranched alkanes of at least 4 members (excludes halogenated alkanes) is 4. The van der Waals surface area contributed by atoms with E-state index in [1.54, 1.807) is 25.1 Å². The van der Waals surface area contributed by atoms with Crippen LogP contribution < -0.4 is 4.72 Å². The highest BCUT2D eigenvalue weighted by molar-refractivity contribution is 7.96. The van der Waals surface area contributed by atoms with Crippen LogP contribution >= 0.6 is 7.60 Å². The molecule has 12 heteroatoms. The van der Waals surface area contributed by atoms with E-state index in [-0.39, 0.29) is 29.2 Å². The van der Waals surface area contributed by atoms with Crippen LogP contribution in [0.5, 0.6) is 0 Å². The molecule has 9 nitrogen and oxygen atoms in total. The molecule has 0 fully saturated rings. The molecule has 0 aromatic heterocycles. The molecule has 226 valence electrons. The van der Waals surface area contributed by atoms with E-state index < -0.39 is 49.2 Å². The number of nitrogens with one attached hydrogen (secondary N) is 1. The van der Waals surface area contributed by atoms with Crippen molar-refractivity contribution in [2.24, 2.45) is 0 Å². The van der Waals surface area contributed by atoms with Gasteiger partial charge in [0, 0.05) is 11.1 Å².